The summed E-state index contributed by atoms with van der Waals surface area (Å²) in [5.74, 6) is 2.66. The summed E-state index contributed by atoms with van der Waals surface area (Å²) in [4.78, 5) is 10.4. The fraction of sp³-hybridized carbons (Fsp3) is 0.500. The van der Waals surface area contributed by atoms with E-state index in [0.717, 1.165) is 49.0 Å². The molecule has 4 nitrogen and oxygen atoms in total. The lowest BCUT2D eigenvalue weighted by molar-refractivity contribution is 0.942. The Hall–Kier alpha value is -1.62. The van der Waals surface area contributed by atoms with Crippen molar-refractivity contribution < 1.29 is 0 Å². The van der Waals surface area contributed by atoms with Gasteiger partial charge in [0.15, 0.2) is 0 Å². The third kappa shape index (κ3) is 3.94. The Morgan fingerprint density at radius 2 is 1.81 bits per heavy atom. The lowest BCUT2D eigenvalue weighted by Crippen LogP contribution is -2.10. The molecule has 0 aliphatic rings. The van der Waals surface area contributed by atoms with Crippen molar-refractivity contribution in [3.63, 3.8) is 0 Å². The number of hydrogen-bond acceptors (Lipinski definition) is 5. The molecule has 0 aromatic carbocycles. The zero-order valence-electron chi connectivity index (χ0n) is 13.3. The van der Waals surface area contributed by atoms with Gasteiger partial charge in [-0.05, 0) is 43.7 Å². The normalized spacial score (nSPS) is 10.7. The number of rotatable bonds is 7. The molecule has 5 heteroatoms. The number of anilines is 2. The van der Waals surface area contributed by atoms with E-state index < -0.39 is 0 Å². The highest BCUT2D eigenvalue weighted by molar-refractivity contribution is 7.10. The quantitative estimate of drug-likeness (QED) is 0.806. The summed E-state index contributed by atoms with van der Waals surface area (Å²) in [7, 11) is 0. The molecule has 0 radical (unpaired) electrons. The molecule has 0 saturated heterocycles. The molecule has 2 heterocycles. The van der Waals surface area contributed by atoms with Gasteiger partial charge in [-0.25, -0.2) is 9.97 Å². The maximum Gasteiger partial charge on any atom is 0.135 e. The molecular weight excluding hydrogens is 280 g/mol. The van der Waals surface area contributed by atoms with Crippen LogP contribution in [0.25, 0.3) is 0 Å². The zero-order valence-corrected chi connectivity index (χ0v) is 14.1. The summed E-state index contributed by atoms with van der Waals surface area (Å²) in [6.07, 6.45) is 2.16. The first-order valence-electron chi connectivity index (χ1n) is 7.53. The first-order valence-corrected chi connectivity index (χ1v) is 8.41. The number of thiophene rings is 1. The van der Waals surface area contributed by atoms with Gasteiger partial charge in [0.2, 0.25) is 0 Å². The second kappa shape index (κ2) is 7.41. The minimum absolute atomic E-state index is 0.795. The Labute approximate surface area is 131 Å². The van der Waals surface area contributed by atoms with Gasteiger partial charge in [-0.2, -0.15) is 0 Å². The minimum Gasteiger partial charge on any atom is -0.370 e. The van der Waals surface area contributed by atoms with Crippen LogP contribution < -0.4 is 10.6 Å². The summed E-state index contributed by atoms with van der Waals surface area (Å²) in [5.41, 5.74) is 2.50. The maximum atomic E-state index is 4.54. The summed E-state index contributed by atoms with van der Waals surface area (Å²) in [5, 5.41) is 8.99. The fourth-order valence-corrected chi connectivity index (χ4v) is 3.13. The van der Waals surface area contributed by atoms with Gasteiger partial charge in [-0.1, -0.05) is 13.8 Å². The van der Waals surface area contributed by atoms with Crippen LogP contribution in [0.15, 0.2) is 11.4 Å². The largest absolute Gasteiger partial charge is 0.370 e. The van der Waals surface area contributed by atoms with E-state index in [9.17, 15) is 0 Å². The molecule has 0 saturated carbocycles. The van der Waals surface area contributed by atoms with E-state index in [0.29, 0.717) is 0 Å². The third-order valence-corrected chi connectivity index (χ3v) is 4.40. The first-order chi connectivity index (χ1) is 10.2. The Morgan fingerprint density at radius 3 is 2.48 bits per heavy atom. The molecule has 2 aromatic heterocycles. The molecule has 0 aliphatic carbocycles. The van der Waals surface area contributed by atoms with E-state index in [1.54, 1.807) is 11.3 Å². The van der Waals surface area contributed by atoms with Crippen molar-refractivity contribution >= 4 is 23.0 Å². The number of nitrogens with one attached hydrogen (secondary N) is 2. The van der Waals surface area contributed by atoms with Crippen molar-refractivity contribution in [1.82, 2.24) is 9.97 Å². The van der Waals surface area contributed by atoms with Crippen LogP contribution in [0.4, 0.5) is 11.6 Å². The van der Waals surface area contributed by atoms with Crippen molar-refractivity contribution in [3.8, 4) is 0 Å². The molecule has 0 atom stereocenters. The molecule has 0 fully saturated rings. The molecule has 0 amide bonds. The topological polar surface area (TPSA) is 49.8 Å². The van der Waals surface area contributed by atoms with Crippen LogP contribution in [0.1, 0.15) is 42.1 Å². The summed E-state index contributed by atoms with van der Waals surface area (Å²) in [6, 6.07) is 2.20. The van der Waals surface area contributed by atoms with Gasteiger partial charge in [0.25, 0.3) is 0 Å². The maximum absolute atomic E-state index is 4.54. The molecule has 21 heavy (non-hydrogen) atoms. The molecule has 2 N–H and O–H groups in total. The Morgan fingerprint density at radius 1 is 1.10 bits per heavy atom. The smallest absolute Gasteiger partial charge is 0.135 e. The van der Waals surface area contributed by atoms with Crippen LogP contribution in [0.2, 0.25) is 0 Å². The van der Waals surface area contributed by atoms with Crippen LogP contribution in [0, 0.1) is 13.8 Å². The fourth-order valence-electron chi connectivity index (χ4n) is 2.22. The number of aryl methyl sites for hydroxylation is 2. The van der Waals surface area contributed by atoms with Gasteiger partial charge >= 0.3 is 0 Å². The molecule has 2 rings (SSSR count). The second-order valence-electron chi connectivity index (χ2n) is 5.10. The van der Waals surface area contributed by atoms with E-state index >= 15 is 0 Å². The van der Waals surface area contributed by atoms with E-state index in [4.69, 9.17) is 0 Å². The Kier molecular flexibility index (Phi) is 5.56. The summed E-state index contributed by atoms with van der Waals surface area (Å²) in [6.45, 7) is 10.1. The van der Waals surface area contributed by atoms with Crippen molar-refractivity contribution in [3.05, 3.63) is 33.3 Å². The minimum atomic E-state index is 0.795. The number of hydrogen-bond donors (Lipinski definition) is 2. The SMILES string of the molecule is CCCNc1nc(C)nc(NCc2sccc2CC)c1C. The predicted molar refractivity (Wildman–Crippen MR) is 91.3 cm³/mol. The summed E-state index contributed by atoms with van der Waals surface area (Å²) < 4.78 is 0. The number of nitrogens with zero attached hydrogens (tertiary/aromatic N) is 2. The molecular formula is C16H24N4S. The highest BCUT2D eigenvalue weighted by Gasteiger charge is 2.10. The van der Waals surface area contributed by atoms with E-state index in [-0.39, 0.29) is 0 Å². The molecule has 0 aliphatic heterocycles. The van der Waals surface area contributed by atoms with Crippen molar-refractivity contribution in [2.24, 2.45) is 0 Å². The first kappa shape index (κ1) is 15.8. The molecule has 0 spiro atoms. The Bertz CT molecular complexity index is 592. The highest BCUT2D eigenvalue weighted by Crippen LogP contribution is 2.23. The van der Waals surface area contributed by atoms with Crippen molar-refractivity contribution in [1.29, 1.82) is 0 Å². The molecule has 0 bridgehead atoms. The van der Waals surface area contributed by atoms with Crippen molar-refractivity contribution in [2.45, 2.75) is 47.1 Å². The zero-order chi connectivity index (χ0) is 15.2. The van der Waals surface area contributed by atoms with E-state index in [1.165, 1.54) is 10.4 Å². The van der Waals surface area contributed by atoms with Crippen LogP contribution >= 0.6 is 11.3 Å². The third-order valence-electron chi connectivity index (χ3n) is 3.44. The lowest BCUT2D eigenvalue weighted by Gasteiger charge is -2.14. The van der Waals surface area contributed by atoms with Gasteiger partial charge in [0, 0.05) is 17.0 Å². The Balaban J connectivity index is 2.14. The predicted octanol–water partition coefficient (Wildman–Crippen LogP) is 4.15. The van der Waals surface area contributed by atoms with Crippen LogP contribution in [-0.2, 0) is 13.0 Å². The van der Waals surface area contributed by atoms with E-state index in [2.05, 4.69) is 52.8 Å². The van der Waals surface area contributed by atoms with Crippen LogP contribution in [0.3, 0.4) is 0 Å². The standard InChI is InChI=1S/C16H24N4S/c1-5-8-17-15-11(3)16(20-12(4)19-15)18-10-14-13(6-2)7-9-21-14/h7,9H,5-6,8,10H2,1-4H3,(H2,17,18,19,20). The summed E-state index contributed by atoms with van der Waals surface area (Å²) >= 11 is 1.80. The van der Waals surface area contributed by atoms with Gasteiger partial charge in [-0.3, -0.25) is 0 Å². The van der Waals surface area contributed by atoms with Gasteiger partial charge in [-0.15, -0.1) is 11.3 Å². The average Bonchev–Trinajstić information content (AvgIpc) is 2.93. The van der Waals surface area contributed by atoms with Crippen molar-refractivity contribution in [2.75, 3.05) is 17.2 Å². The highest BCUT2D eigenvalue weighted by atomic mass is 32.1. The van der Waals surface area contributed by atoms with Crippen LogP contribution in [-0.4, -0.2) is 16.5 Å². The van der Waals surface area contributed by atoms with Crippen LogP contribution in [0.5, 0.6) is 0 Å². The van der Waals surface area contributed by atoms with E-state index in [1.807, 2.05) is 6.92 Å². The average molecular weight is 304 g/mol. The number of aromatic nitrogens is 2. The second-order valence-corrected chi connectivity index (χ2v) is 6.10. The van der Waals surface area contributed by atoms with Gasteiger partial charge in [0.1, 0.15) is 17.5 Å². The monoisotopic (exact) mass is 304 g/mol. The molecule has 2 aromatic rings. The van der Waals surface area contributed by atoms with Gasteiger partial charge < -0.3 is 10.6 Å². The molecule has 0 unspecified atom stereocenters. The lowest BCUT2D eigenvalue weighted by atomic mass is 10.2. The van der Waals surface area contributed by atoms with Gasteiger partial charge in [0.05, 0.1) is 6.54 Å². The molecule has 114 valence electrons.